The average Bonchev–Trinajstić information content (AvgIpc) is 3.08. The molecule has 3 heterocycles. The van der Waals surface area contributed by atoms with Gasteiger partial charge >= 0.3 is 0 Å². The number of sulfone groups is 1. The molecule has 0 fully saturated rings. The summed E-state index contributed by atoms with van der Waals surface area (Å²) in [6, 6.07) is 7.75. The van der Waals surface area contributed by atoms with Crippen LogP contribution in [0.1, 0.15) is 37.4 Å². The Hall–Kier alpha value is -2.41. The second-order valence-corrected chi connectivity index (χ2v) is 9.16. The molecule has 1 aliphatic heterocycles. The number of hydrogen-bond donors (Lipinski definition) is 1. The van der Waals surface area contributed by atoms with Gasteiger partial charge in [0, 0.05) is 18.6 Å². The summed E-state index contributed by atoms with van der Waals surface area (Å²) in [6.07, 6.45) is 6.83. The zero-order valence-corrected chi connectivity index (χ0v) is 15.7. The molecular formula is C19H22N4O2S. The Kier molecular flexibility index (Phi) is 4.19. The molecule has 1 aliphatic rings. The van der Waals surface area contributed by atoms with Crippen molar-refractivity contribution < 1.29 is 8.42 Å². The third-order valence-electron chi connectivity index (χ3n) is 4.92. The van der Waals surface area contributed by atoms with Gasteiger partial charge in [0.05, 0.1) is 16.7 Å². The van der Waals surface area contributed by atoms with Crippen LogP contribution in [0.3, 0.4) is 0 Å². The number of fused-ring (bicyclic) bond motifs is 2. The quantitative estimate of drug-likeness (QED) is 0.763. The van der Waals surface area contributed by atoms with Crippen LogP contribution < -0.4 is 5.32 Å². The minimum atomic E-state index is -3.18. The summed E-state index contributed by atoms with van der Waals surface area (Å²) >= 11 is 0. The van der Waals surface area contributed by atoms with Crippen molar-refractivity contribution in [2.75, 3.05) is 11.1 Å². The Morgan fingerprint density at radius 2 is 1.96 bits per heavy atom. The van der Waals surface area contributed by atoms with Crippen molar-refractivity contribution in [2.24, 2.45) is 5.92 Å². The Morgan fingerprint density at radius 1 is 1.15 bits per heavy atom. The van der Waals surface area contributed by atoms with E-state index in [0.717, 1.165) is 23.4 Å². The molecule has 0 unspecified atom stereocenters. The van der Waals surface area contributed by atoms with Crippen molar-refractivity contribution >= 4 is 21.4 Å². The molecule has 0 bridgehead atoms. The number of nitrogens with zero attached hydrogens (tertiary/aromatic N) is 3. The van der Waals surface area contributed by atoms with Gasteiger partial charge in [-0.3, -0.25) is 4.40 Å². The zero-order chi connectivity index (χ0) is 18.3. The Bertz CT molecular complexity index is 1060. The van der Waals surface area contributed by atoms with Gasteiger partial charge in [-0.2, -0.15) is 0 Å². The molecule has 0 spiro atoms. The number of rotatable bonds is 4. The molecule has 1 N–H and O–H groups in total. The second kappa shape index (κ2) is 6.39. The van der Waals surface area contributed by atoms with Crippen molar-refractivity contribution in [3.05, 3.63) is 54.0 Å². The molecule has 4 rings (SSSR count). The summed E-state index contributed by atoms with van der Waals surface area (Å²) in [7, 11) is -3.18. The van der Waals surface area contributed by atoms with Crippen molar-refractivity contribution in [3.8, 4) is 0 Å². The molecule has 0 saturated carbocycles. The predicted octanol–water partition coefficient (Wildman–Crippen LogP) is 3.26. The summed E-state index contributed by atoms with van der Waals surface area (Å²) in [5, 5.41) is 3.55. The first-order chi connectivity index (χ1) is 12.5. The highest BCUT2D eigenvalue weighted by molar-refractivity contribution is 7.91. The van der Waals surface area contributed by atoms with Gasteiger partial charge in [-0.15, -0.1) is 0 Å². The Balaban J connectivity index is 1.75. The maximum absolute atomic E-state index is 12.5. The summed E-state index contributed by atoms with van der Waals surface area (Å²) in [5.41, 5.74) is 1.91. The monoisotopic (exact) mass is 370 g/mol. The number of anilines is 1. The third kappa shape index (κ3) is 2.96. The predicted molar refractivity (Wildman–Crippen MR) is 101 cm³/mol. The number of nitrogens with one attached hydrogen (secondary N) is 1. The summed E-state index contributed by atoms with van der Waals surface area (Å²) < 4.78 is 26.8. The van der Waals surface area contributed by atoms with E-state index in [2.05, 4.69) is 29.1 Å². The van der Waals surface area contributed by atoms with Gasteiger partial charge < -0.3 is 5.32 Å². The van der Waals surface area contributed by atoms with Gasteiger partial charge in [-0.05, 0) is 42.0 Å². The molecule has 1 aromatic carbocycles. The molecule has 0 radical (unpaired) electrons. The van der Waals surface area contributed by atoms with Crippen LogP contribution in [0.2, 0.25) is 0 Å². The number of aromatic nitrogens is 3. The van der Waals surface area contributed by atoms with E-state index in [1.807, 2.05) is 34.9 Å². The first-order valence-corrected chi connectivity index (χ1v) is 10.5. The van der Waals surface area contributed by atoms with Gasteiger partial charge in [0.15, 0.2) is 9.84 Å². The van der Waals surface area contributed by atoms with Gasteiger partial charge in [-0.25, -0.2) is 18.4 Å². The lowest BCUT2D eigenvalue weighted by Crippen LogP contribution is -2.21. The SMILES string of the molecule is CC(C)[C@@H](Nc1ccnc2nccn12)c1ccc2c(c1)S(=O)(=O)CCC2. The van der Waals surface area contributed by atoms with Crippen molar-refractivity contribution in [1.29, 1.82) is 0 Å². The normalized spacial score (nSPS) is 17.2. The van der Waals surface area contributed by atoms with E-state index >= 15 is 0 Å². The molecule has 6 nitrogen and oxygen atoms in total. The van der Waals surface area contributed by atoms with E-state index in [1.54, 1.807) is 12.4 Å². The van der Waals surface area contributed by atoms with Crippen LogP contribution in [0.15, 0.2) is 47.8 Å². The van der Waals surface area contributed by atoms with Crippen LogP contribution in [0.4, 0.5) is 5.82 Å². The van der Waals surface area contributed by atoms with Crippen molar-refractivity contribution in [1.82, 2.24) is 14.4 Å². The van der Waals surface area contributed by atoms with E-state index in [0.29, 0.717) is 17.1 Å². The molecule has 26 heavy (non-hydrogen) atoms. The van der Waals surface area contributed by atoms with Crippen LogP contribution in [0.25, 0.3) is 5.78 Å². The van der Waals surface area contributed by atoms with Crippen LogP contribution in [0.5, 0.6) is 0 Å². The maximum Gasteiger partial charge on any atom is 0.235 e. The highest BCUT2D eigenvalue weighted by Gasteiger charge is 2.26. The smallest absolute Gasteiger partial charge is 0.235 e. The highest BCUT2D eigenvalue weighted by atomic mass is 32.2. The lowest BCUT2D eigenvalue weighted by Gasteiger charge is -2.26. The minimum absolute atomic E-state index is 0.0228. The number of benzene rings is 1. The van der Waals surface area contributed by atoms with E-state index in [4.69, 9.17) is 0 Å². The first-order valence-electron chi connectivity index (χ1n) is 8.86. The Morgan fingerprint density at radius 3 is 2.77 bits per heavy atom. The minimum Gasteiger partial charge on any atom is -0.364 e. The molecule has 7 heteroatoms. The van der Waals surface area contributed by atoms with Crippen LogP contribution in [-0.4, -0.2) is 28.5 Å². The fourth-order valence-electron chi connectivity index (χ4n) is 3.57. The van der Waals surface area contributed by atoms with Crippen molar-refractivity contribution in [3.63, 3.8) is 0 Å². The van der Waals surface area contributed by atoms with Gasteiger partial charge in [0.2, 0.25) is 5.78 Å². The first kappa shape index (κ1) is 17.0. The number of aryl methyl sites for hydroxylation is 1. The highest BCUT2D eigenvalue weighted by Crippen LogP contribution is 2.32. The molecule has 0 amide bonds. The van der Waals surface area contributed by atoms with Crippen LogP contribution >= 0.6 is 0 Å². The average molecular weight is 370 g/mol. The molecule has 0 aliphatic carbocycles. The second-order valence-electron chi connectivity index (χ2n) is 7.08. The summed E-state index contributed by atoms with van der Waals surface area (Å²) in [4.78, 5) is 8.95. The fraction of sp³-hybridized carbons (Fsp3) is 0.368. The summed E-state index contributed by atoms with van der Waals surface area (Å²) in [5.74, 6) is 2.02. The van der Waals surface area contributed by atoms with Gasteiger partial charge in [0.25, 0.3) is 0 Å². The zero-order valence-electron chi connectivity index (χ0n) is 14.9. The van der Waals surface area contributed by atoms with Gasteiger partial charge in [-0.1, -0.05) is 26.0 Å². The molecule has 3 aromatic rings. The van der Waals surface area contributed by atoms with Crippen molar-refractivity contribution in [2.45, 2.75) is 37.6 Å². The fourth-order valence-corrected chi connectivity index (χ4v) is 5.20. The van der Waals surface area contributed by atoms with E-state index in [9.17, 15) is 8.42 Å². The molecule has 136 valence electrons. The van der Waals surface area contributed by atoms with E-state index in [-0.39, 0.29) is 17.7 Å². The van der Waals surface area contributed by atoms with Crippen LogP contribution in [0, 0.1) is 5.92 Å². The number of imidazole rings is 1. The van der Waals surface area contributed by atoms with E-state index < -0.39 is 9.84 Å². The van der Waals surface area contributed by atoms with E-state index in [1.165, 1.54) is 0 Å². The summed E-state index contributed by atoms with van der Waals surface area (Å²) in [6.45, 7) is 4.25. The molecule has 0 saturated heterocycles. The Labute approximate surface area is 153 Å². The van der Waals surface area contributed by atoms with Gasteiger partial charge in [0.1, 0.15) is 5.82 Å². The topological polar surface area (TPSA) is 76.4 Å². The molecular weight excluding hydrogens is 348 g/mol. The lowest BCUT2D eigenvalue weighted by atomic mass is 9.94. The standard InChI is InChI=1S/C19H22N4O2S/c1-13(2)18(22-17-7-8-20-19-21-9-10-23(17)19)15-6-5-14-4-3-11-26(24,25)16(14)12-15/h5-10,12-13,18,22H,3-4,11H2,1-2H3/t18-/m1/s1. The third-order valence-corrected chi connectivity index (χ3v) is 6.79. The largest absolute Gasteiger partial charge is 0.364 e. The molecule has 2 aromatic heterocycles. The van der Waals surface area contributed by atoms with Crippen LogP contribution in [-0.2, 0) is 16.3 Å². The lowest BCUT2D eigenvalue weighted by molar-refractivity contribution is 0.541. The number of hydrogen-bond acceptors (Lipinski definition) is 5. The molecule has 1 atom stereocenters. The maximum atomic E-state index is 12.5.